The van der Waals surface area contributed by atoms with Gasteiger partial charge in [-0.25, -0.2) is 19.9 Å². The fourth-order valence-corrected chi connectivity index (χ4v) is 5.10. The summed E-state index contributed by atoms with van der Waals surface area (Å²) >= 11 is 6.07. The highest BCUT2D eigenvalue weighted by molar-refractivity contribution is 6.30. The minimum absolute atomic E-state index is 0.0808. The summed E-state index contributed by atoms with van der Waals surface area (Å²) < 4.78 is 1.91. The van der Waals surface area contributed by atoms with Gasteiger partial charge in [0.2, 0.25) is 5.91 Å². The van der Waals surface area contributed by atoms with Crippen LogP contribution in [0.4, 0.5) is 11.6 Å². The topological polar surface area (TPSA) is 124 Å². The van der Waals surface area contributed by atoms with Gasteiger partial charge in [-0.3, -0.25) is 9.78 Å². The van der Waals surface area contributed by atoms with E-state index in [1.807, 2.05) is 16.8 Å². The first-order valence-corrected chi connectivity index (χ1v) is 11.7. The summed E-state index contributed by atoms with van der Waals surface area (Å²) in [5.74, 6) is 1.31. The van der Waals surface area contributed by atoms with Gasteiger partial charge < -0.3 is 15.5 Å². The van der Waals surface area contributed by atoms with Crippen LogP contribution in [0.25, 0.3) is 17.2 Å². The Labute approximate surface area is 200 Å². The van der Waals surface area contributed by atoms with E-state index in [0.29, 0.717) is 39.5 Å². The molecule has 4 aromatic heterocycles. The maximum Gasteiger partial charge on any atom is 0.242 e. The molecule has 0 saturated heterocycles. The summed E-state index contributed by atoms with van der Waals surface area (Å²) in [6.45, 7) is 4.27. The third kappa shape index (κ3) is 3.07. The fourth-order valence-electron chi connectivity index (χ4n) is 4.99. The van der Waals surface area contributed by atoms with Crippen LogP contribution in [0.3, 0.4) is 0 Å². The van der Waals surface area contributed by atoms with E-state index in [1.54, 1.807) is 24.5 Å². The summed E-state index contributed by atoms with van der Waals surface area (Å²) in [5, 5.41) is 3.47. The molecule has 1 unspecified atom stereocenters. The molecule has 6 rings (SSSR count). The number of fused-ring (bicyclic) bond motifs is 2. The smallest absolute Gasteiger partial charge is 0.242 e. The first kappa shape index (κ1) is 21.0. The fraction of sp³-hybridized carbons (Fsp3) is 0.333. The lowest BCUT2D eigenvalue weighted by Gasteiger charge is -2.27. The normalized spacial score (nSPS) is 19.6. The summed E-state index contributed by atoms with van der Waals surface area (Å²) in [6.07, 6.45) is 9.56. The number of aromatic nitrogens is 6. The number of nitrogens with zero attached hydrogens (tertiary/aromatic N) is 6. The van der Waals surface area contributed by atoms with E-state index in [2.05, 4.69) is 34.1 Å². The number of hydrogen-bond acceptors (Lipinski definition) is 7. The number of nitrogen functional groups attached to an aromatic ring is 1. The quantitative estimate of drug-likeness (QED) is 0.452. The predicted octanol–water partition coefficient (Wildman–Crippen LogP) is 3.66. The van der Waals surface area contributed by atoms with Crippen LogP contribution in [-0.2, 0) is 16.6 Å². The molecule has 1 atom stereocenters. The molecule has 1 saturated carbocycles. The molecule has 3 N–H and O–H groups in total. The lowest BCUT2D eigenvalue weighted by Crippen LogP contribution is -2.39. The number of halogens is 1. The van der Waals surface area contributed by atoms with E-state index in [0.717, 1.165) is 30.6 Å². The minimum atomic E-state index is -1.02. The van der Waals surface area contributed by atoms with Crippen molar-refractivity contribution in [2.24, 2.45) is 11.8 Å². The number of pyridine rings is 1. The Kier molecular flexibility index (Phi) is 4.60. The van der Waals surface area contributed by atoms with E-state index in [9.17, 15) is 4.79 Å². The van der Waals surface area contributed by atoms with Gasteiger partial charge in [0.15, 0.2) is 11.5 Å². The van der Waals surface area contributed by atoms with Crippen LogP contribution in [0.1, 0.15) is 43.6 Å². The molecular formula is C24H23ClN8O. The number of imidazole rings is 1. The highest BCUT2D eigenvalue weighted by Gasteiger charge is 2.60. The Morgan fingerprint density at radius 3 is 2.76 bits per heavy atom. The van der Waals surface area contributed by atoms with Crippen LogP contribution >= 0.6 is 11.6 Å². The molecule has 2 aliphatic rings. The number of hydrogen-bond donors (Lipinski definition) is 2. The Balaban J connectivity index is 1.52. The van der Waals surface area contributed by atoms with Crippen molar-refractivity contribution >= 4 is 34.8 Å². The Morgan fingerprint density at radius 2 is 2.06 bits per heavy atom. The van der Waals surface area contributed by atoms with Crippen LogP contribution in [-0.4, -0.2) is 35.2 Å². The van der Waals surface area contributed by atoms with E-state index in [-0.39, 0.29) is 17.6 Å². The zero-order valence-corrected chi connectivity index (χ0v) is 19.5. The second-order valence-electron chi connectivity index (χ2n) is 9.38. The second kappa shape index (κ2) is 7.46. The third-order valence-corrected chi connectivity index (χ3v) is 6.74. The molecular weight excluding hydrogens is 452 g/mol. The van der Waals surface area contributed by atoms with Gasteiger partial charge in [-0.2, -0.15) is 0 Å². The molecule has 172 valence electrons. The summed E-state index contributed by atoms with van der Waals surface area (Å²) in [7, 11) is 0. The van der Waals surface area contributed by atoms with Crippen molar-refractivity contribution in [3.8, 4) is 11.5 Å². The maximum atomic E-state index is 13.5. The van der Waals surface area contributed by atoms with Crippen LogP contribution in [0.5, 0.6) is 0 Å². The molecule has 34 heavy (non-hydrogen) atoms. The molecule has 1 amide bonds. The number of amides is 1. The standard InChI is InChI=1S/C24H23ClN8O/c1-12(2)9-15-22-27-7-8-33(22)11-16(29-15)20-30-19(26)18-21(31-20)32-23(34)24(18,13-3-4-13)17-6-5-14(25)10-28-17/h5-8,10-13H,3-4,9H2,1-2H3,(H3,26,30,31,32,34). The lowest BCUT2D eigenvalue weighted by molar-refractivity contribution is -0.120. The Bertz CT molecular complexity index is 1440. The van der Waals surface area contributed by atoms with Crippen LogP contribution in [0, 0.1) is 11.8 Å². The molecule has 0 radical (unpaired) electrons. The predicted molar refractivity (Wildman–Crippen MR) is 128 cm³/mol. The molecule has 5 heterocycles. The molecule has 0 bridgehead atoms. The molecule has 1 aliphatic carbocycles. The molecule has 4 aromatic rings. The van der Waals surface area contributed by atoms with Crippen molar-refractivity contribution < 1.29 is 4.79 Å². The van der Waals surface area contributed by atoms with Crippen molar-refractivity contribution in [1.82, 2.24) is 29.3 Å². The number of anilines is 2. The van der Waals surface area contributed by atoms with Gasteiger partial charge in [0.25, 0.3) is 0 Å². The monoisotopic (exact) mass is 474 g/mol. The minimum Gasteiger partial charge on any atom is -0.383 e. The Hall–Kier alpha value is -3.59. The van der Waals surface area contributed by atoms with Gasteiger partial charge in [0, 0.05) is 24.8 Å². The molecule has 0 spiro atoms. The largest absolute Gasteiger partial charge is 0.383 e. The maximum absolute atomic E-state index is 13.5. The van der Waals surface area contributed by atoms with Crippen LogP contribution in [0.2, 0.25) is 5.02 Å². The van der Waals surface area contributed by atoms with Gasteiger partial charge in [-0.1, -0.05) is 25.4 Å². The third-order valence-electron chi connectivity index (χ3n) is 6.52. The van der Waals surface area contributed by atoms with Crippen molar-refractivity contribution in [1.29, 1.82) is 0 Å². The average Bonchev–Trinajstić information content (AvgIpc) is 3.44. The highest BCUT2D eigenvalue weighted by atomic mass is 35.5. The van der Waals surface area contributed by atoms with Gasteiger partial charge in [-0.05, 0) is 43.2 Å². The number of carbonyl (C=O) groups excluding carboxylic acids is 1. The van der Waals surface area contributed by atoms with Crippen LogP contribution < -0.4 is 11.1 Å². The van der Waals surface area contributed by atoms with Crippen molar-refractivity contribution in [3.05, 3.63) is 58.9 Å². The van der Waals surface area contributed by atoms with Crippen molar-refractivity contribution in [2.45, 2.75) is 38.5 Å². The lowest BCUT2D eigenvalue weighted by atomic mass is 9.74. The average molecular weight is 475 g/mol. The van der Waals surface area contributed by atoms with Gasteiger partial charge in [0.1, 0.15) is 22.7 Å². The summed E-state index contributed by atoms with van der Waals surface area (Å²) in [4.78, 5) is 36.6. The molecule has 1 aliphatic heterocycles. The van der Waals surface area contributed by atoms with Gasteiger partial charge in [-0.15, -0.1) is 0 Å². The molecule has 1 fully saturated rings. The van der Waals surface area contributed by atoms with Crippen molar-refractivity contribution in [3.63, 3.8) is 0 Å². The van der Waals surface area contributed by atoms with Crippen molar-refractivity contribution in [2.75, 3.05) is 11.1 Å². The SMILES string of the molecule is CC(C)Cc1nc(-c2nc(N)c3c(n2)NC(=O)C3(c2ccc(Cl)cn2)C2CC2)cn2ccnc12. The van der Waals surface area contributed by atoms with Gasteiger partial charge in [0.05, 0.1) is 22.0 Å². The zero-order chi connectivity index (χ0) is 23.6. The zero-order valence-electron chi connectivity index (χ0n) is 18.8. The number of carbonyl (C=O) groups is 1. The molecule has 0 aromatic carbocycles. The van der Waals surface area contributed by atoms with E-state index < -0.39 is 5.41 Å². The van der Waals surface area contributed by atoms with Crippen LogP contribution in [0.15, 0.2) is 36.9 Å². The highest BCUT2D eigenvalue weighted by Crippen LogP contribution is 2.57. The Morgan fingerprint density at radius 1 is 1.24 bits per heavy atom. The second-order valence-corrected chi connectivity index (χ2v) is 9.82. The summed E-state index contributed by atoms with van der Waals surface area (Å²) in [5.41, 5.74) is 8.96. The first-order chi connectivity index (χ1) is 16.4. The van der Waals surface area contributed by atoms with E-state index in [1.165, 1.54) is 0 Å². The number of nitrogens with one attached hydrogen (secondary N) is 1. The summed E-state index contributed by atoms with van der Waals surface area (Å²) in [6, 6.07) is 3.53. The molecule has 10 heteroatoms. The number of nitrogens with two attached hydrogens (primary N) is 1. The van der Waals surface area contributed by atoms with E-state index in [4.69, 9.17) is 27.3 Å². The number of rotatable bonds is 5. The molecule has 9 nitrogen and oxygen atoms in total. The first-order valence-electron chi connectivity index (χ1n) is 11.3. The van der Waals surface area contributed by atoms with Gasteiger partial charge >= 0.3 is 0 Å². The van der Waals surface area contributed by atoms with E-state index >= 15 is 0 Å².